The van der Waals surface area contributed by atoms with Crippen LogP contribution in [0.15, 0.2) is 39.9 Å². The van der Waals surface area contributed by atoms with Gasteiger partial charge in [-0.2, -0.15) is 0 Å². The topological polar surface area (TPSA) is 97.4 Å². The second-order valence-corrected chi connectivity index (χ2v) is 9.16. The predicted octanol–water partition coefficient (Wildman–Crippen LogP) is 4.12. The van der Waals surface area contributed by atoms with E-state index in [-0.39, 0.29) is 22.7 Å². The molecule has 0 radical (unpaired) electrons. The first kappa shape index (κ1) is 22.0. The number of benzene rings is 1. The average Bonchev–Trinajstić information content (AvgIpc) is 2.61. The standard InChI is InChI=1S/C20H27FN4O2S/c1-12(2)16-8-15(21)9-17(13(3)4)20(16)25-18(26)11-24-28(22,27)19-7-6-14(5)10-23-19/h6-10,12-13H,11H2,1-5H3,(H,25,26)(H2,22,24,27). The molecule has 0 saturated heterocycles. The number of rotatable bonds is 6. The Labute approximate surface area is 166 Å². The molecule has 1 amide bonds. The molecule has 2 aromatic rings. The van der Waals surface area contributed by atoms with Crippen molar-refractivity contribution in [3.63, 3.8) is 0 Å². The molecule has 0 aliphatic carbocycles. The van der Waals surface area contributed by atoms with Crippen LogP contribution < -0.4 is 10.5 Å². The number of carbonyl (C=O) groups excluding carboxylic acids is 1. The molecule has 1 atom stereocenters. The van der Waals surface area contributed by atoms with Crippen LogP contribution in [-0.2, 0) is 14.7 Å². The molecule has 0 fully saturated rings. The van der Waals surface area contributed by atoms with Crippen LogP contribution in [0.4, 0.5) is 10.1 Å². The molecule has 0 aliphatic rings. The van der Waals surface area contributed by atoms with Crippen LogP contribution in [0.25, 0.3) is 0 Å². The first-order chi connectivity index (χ1) is 13.0. The van der Waals surface area contributed by atoms with E-state index < -0.39 is 22.4 Å². The second-order valence-electron chi connectivity index (χ2n) is 7.35. The Morgan fingerprint density at radius 3 is 2.25 bits per heavy atom. The molecule has 1 aromatic carbocycles. The van der Waals surface area contributed by atoms with Crippen molar-refractivity contribution < 1.29 is 13.4 Å². The van der Waals surface area contributed by atoms with Crippen molar-refractivity contribution in [2.24, 2.45) is 9.50 Å². The Morgan fingerprint density at radius 2 is 1.79 bits per heavy atom. The van der Waals surface area contributed by atoms with Gasteiger partial charge >= 0.3 is 0 Å². The Morgan fingerprint density at radius 1 is 1.21 bits per heavy atom. The minimum atomic E-state index is -3.28. The van der Waals surface area contributed by atoms with Crippen molar-refractivity contribution in [1.29, 1.82) is 0 Å². The number of hydrogen-bond donors (Lipinski definition) is 2. The summed E-state index contributed by atoms with van der Waals surface area (Å²) in [4.78, 5) is 16.5. The summed E-state index contributed by atoms with van der Waals surface area (Å²) in [5.74, 6) is -0.793. The number of anilines is 1. The lowest BCUT2D eigenvalue weighted by molar-refractivity contribution is -0.114. The van der Waals surface area contributed by atoms with E-state index in [0.717, 1.165) is 5.56 Å². The van der Waals surface area contributed by atoms with Gasteiger partial charge in [-0.1, -0.05) is 33.8 Å². The van der Waals surface area contributed by atoms with Gasteiger partial charge in [0.2, 0.25) is 5.91 Å². The van der Waals surface area contributed by atoms with Gasteiger partial charge in [0.05, 0.1) is 0 Å². The maximum absolute atomic E-state index is 14.0. The highest BCUT2D eigenvalue weighted by Gasteiger charge is 2.18. The molecule has 0 saturated carbocycles. The fourth-order valence-electron chi connectivity index (χ4n) is 2.73. The van der Waals surface area contributed by atoms with Crippen LogP contribution in [0.3, 0.4) is 0 Å². The first-order valence-corrected chi connectivity index (χ1v) is 10.7. The van der Waals surface area contributed by atoms with Crippen LogP contribution in [0, 0.1) is 12.7 Å². The summed E-state index contributed by atoms with van der Waals surface area (Å²) in [6.07, 6.45) is 1.54. The highest BCUT2D eigenvalue weighted by Crippen LogP contribution is 2.33. The summed E-state index contributed by atoms with van der Waals surface area (Å²) in [6, 6.07) is 6.11. The number of hydrogen-bond acceptors (Lipinski definition) is 4. The Hall–Kier alpha value is -2.32. The minimum Gasteiger partial charge on any atom is -0.324 e. The molecular formula is C20H27FN4O2S. The zero-order valence-corrected chi connectivity index (χ0v) is 17.6. The molecule has 0 spiro atoms. The van der Waals surface area contributed by atoms with Gasteiger partial charge < -0.3 is 5.32 Å². The van der Waals surface area contributed by atoms with Gasteiger partial charge in [0.15, 0.2) is 9.92 Å². The van der Waals surface area contributed by atoms with Crippen LogP contribution >= 0.6 is 0 Å². The van der Waals surface area contributed by atoms with Crippen molar-refractivity contribution in [3.05, 3.63) is 53.0 Å². The summed E-state index contributed by atoms with van der Waals surface area (Å²) in [7, 11) is -3.28. The molecule has 1 heterocycles. The van der Waals surface area contributed by atoms with Gasteiger partial charge in [-0.25, -0.2) is 23.1 Å². The van der Waals surface area contributed by atoms with E-state index in [9.17, 15) is 13.4 Å². The largest absolute Gasteiger partial charge is 0.324 e. The molecule has 28 heavy (non-hydrogen) atoms. The SMILES string of the molecule is Cc1ccc(S(N)(=O)=NCC(=O)Nc2c(C(C)C)cc(F)cc2C(C)C)nc1. The van der Waals surface area contributed by atoms with Crippen LogP contribution in [0.5, 0.6) is 0 Å². The number of nitrogens with one attached hydrogen (secondary N) is 1. The van der Waals surface area contributed by atoms with E-state index in [2.05, 4.69) is 14.7 Å². The van der Waals surface area contributed by atoms with Gasteiger partial charge in [0, 0.05) is 11.9 Å². The van der Waals surface area contributed by atoms with E-state index in [0.29, 0.717) is 16.8 Å². The second kappa shape index (κ2) is 8.79. The molecule has 8 heteroatoms. The molecule has 0 bridgehead atoms. The number of aryl methyl sites for hydroxylation is 1. The predicted molar refractivity (Wildman–Crippen MR) is 110 cm³/mol. The highest BCUT2D eigenvalue weighted by molar-refractivity contribution is 7.91. The molecule has 1 aromatic heterocycles. The van der Waals surface area contributed by atoms with Crippen LogP contribution in [0.1, 0.15) is 56.2 Å². The summed E-state index contributed by atoms with van der Waals surface area (Å²) < 4.78 is 30.4. The number of pyridine rings is 1. The monoisotopic (exact) mass is 406 g/mol. The third-order valence-electron chi connectivity index (χ3n) is 4.26. The third-order valence-corrected chi connectivity index (χ3v) is 5.61. The average molecular weight is 407 g/mol. The molecule has 152 valence electrons. The van der Waals surface area contributed by atoms with Gasteiger partial charge in [0.25, 0.3) is 0 Å². The van der Waals surface area contributed by atoms with E-state index >= 15 is 0 Å². The van der Waals surface area contributed by atoms with Gasteiger partial charge in [-0.05, 0) is 53.6 Å². The minimum absolute atomic E-state index is 0.0101. The lowest BCUT2D eigenvalue weighted by atomic mass is 9.92. The molecule has 6 nitrogen and oxygen atoms in total. The number of aromatic nitrogens is 1. The van der Waals surface area contributed by atoms with E-state index in [1.165, 1.54) is 18.2 Å². The number of halogens is 1. The van der Waals surface area contributed by atoms with Crippen molar-refractivity contribution >= 4 is 21.5 Å². The number of nitrogens with two attached hydrogens (primary N) is 1. The van der Waals surface area contributed by atoms with Gasteiger partial charge in [-0.3, -0.25) is 4.79 Å². The molecule has 3 N–H and O–H groups in total. The number of nitrogens with zero attached hydrogens (tertiary/aromatic N) is 2. The summed E-state index contributed by atoms with van der Waals surface area (Å²) in [5, 5.41) is 8.70. The Kier molecular flexibility index (Phi) is 6.90. The van der Waals surface area contributed by atoms with Crippen LogP contribution in [0.2, 0.25) is 0 Å². The van der Waals surface area contributed by atoms with Crippen molar-refractivity contribution in [1.82, 2.24) is 4.98 Å². The number of carbonyl (C=O) groups is 1. The molecule has 2 rings (SSSR count). The number of amides is 1. The summed E-state index contributed by atoms with van der Waals surface area (Å²) >= 11 is 0. The third kappa shape index (κ3) is 5.36. The molecule has 0 aliphatic heterocycles. The Bertz CT molecular complexity index is 949. The highest BCUT2D eigenvalue weighted by atomic mass is 32.2. The summed E-state index contributed by atoms with van der Waals surface area (Å²) in [5.41, 5.74) is 2.87. The zero-order valence-electron chi connectivity index (χ0n) is 16.8. The van der Waals surface area contributed by atoms with E-state index in [1.54, 1.807) is 12.3 Å². The van der Waals surface area contributed by atoms with Crippen molar-refractivity contribution in [2.75, 3.05) is 11.9 Å². The molecule has 1 unspecified atom stereocenters. The van der Waals surface area contributed by atoms with E-state index in [4.69, 9.17) is 5.14 Å². The first-order valence-electron chi connectivity index (χ1n) is 9.07. The lowest BCUT2D eigenvalue weighted by Crippen LogP contribution is -2.21. The fourth-order valence-corrected chi connectivity index (χ4v) is 3.64. The smallest absolute Gasteiger partial charge is 0.246 e. The quantitative estimate of drug-likeness (QED) is 0.755. The fraction of sp³-hybridized carbons (Fsp3) is 0.400. The summed E-state index contributed by atoms with van der Waals surface area (Å²) in [6.45, 7) is 9.16. The lowest BCUT2D eigenvalue weighted by Gasteiger charge is -2.20. The van der Waals surface area contributed by atoms with Gasteiger partial charge in [0.1, 0.15) is 17.4 Å². The Balaban J connectivity index is 2.30. The zero-order chi connectivity index (χ0) is 21.1. The maximum atomic E-state index is 14.0. The maximum Gasteiger partial charge on any atom is 0.246 e. The van der Waals surface area contributed by atoms with E-state index in [1.807, 2.05) is 34.6 Å². The molecular weight excluding hydrogens is 379 g/mol. The normalized spacial score (nSPS) is 13.5. The van der Waals surface area contributed by atoms with Crippen molar-refractivity contribution in [2.45, 2.75) is 51.5 Å². The van der Waals surface area contributed by atoms with Crippen molar-refractivity contribution in [3.8, 4) is 0 Å². The van der Waals surface area contributed by atoms with Crippen LogP contribution in [-0.4, -0.2) is 21.6 Å². The van der Waals surface area contributed by atoms with Gasteiger partial charge in [-0.15, -0.1) is 0 Å².